The van der Waals surface area contributed by atoms with E-state index in [4.69, 9.17) is 9.47 Å². The predicted molar refractivity (Wildman–Crippen MR) is 141 cm³/mol. The number of carbonyl (C=O) groups is 2. The average Bonchev–Trinajstić information content (AvgIpc) is 2.98. The van der Waals surface area contributed by atoms with Gasteiger partial charge in [-0.1, -0.05) is 24.3 Å². The molecule has 2 amide bonds. The van der Waals surface area contributed by atoms with Crippen LogP contribution in [0.25, 0.3) is 11.2 Å². The number of methoxy groups -OCH3 is 2. The van der Waals surface area contributed by atoms with Crippen LogP contribution in [0.5, 0.6) is 11.5 Å². The second-order valence-corrected chi connectivity index (χ2v) is 8.83. The Balaban J connectivity index is 1.39. The van der Waals surface area contributed by atoms with Gasteiger partial charge >= 0.3 is 0 Å². The van der Waals surface area contributed by atoms with Crippen LogP contribution in [0.15, 0.2) is 71.7 Å². The number of ether oxygens (including phenoxy) is 2. The number of carbonyl (C=O) groups excluding carboxylic acids is 2. The van der Waals surface area contributed by atoms with Gasteiger partial charge < -0.3 is 19.3 Å². The molecule has 1 aliphatic rings. The Morgan fingerprint density at radius 3 is 2.34 bits per heavy atom. The quantitative estimate of drug-likeness (QED) is 0.390. The van der Waals surface area contributed by atoms with Crippen LogP contribution in [0, 0.1) is 0 Å². The van der Waals surface area contributed by atoms with E-state index in [2.05, 4.69) is 9.97 Å². The Kier molecular flexibility index (Phi) is 7.03. The molecule has 10 nitrogen and oxygen atoms in total. The van der Waals surface area contributed by atoms with Crippen molar-refractivity contribution in [3.8, 4) is 11.5 Å². The van der Waals surface area contributed by atoms with Crippen molar-refractivity contribution in [3.63, 3.8) is 0 Å². The molecular weight excluding hydrogens is 486 g/mol. The maximum Gasteiger partial charge on any atom is 0.284 e. The fourth-order valence-corrected chi connectivity index (χ4v) is 4.57. The molecule has 2 aromatic carbocycles. The van der Waals surface area contributed by atoms with Crippen LogP contribution in [0.2, 0.25) is 0 Å². The molecule has 0 radical (unpaired) electrons. The average molecular weight is 514 g/mol. The predicted octanol–water partition coefficient (Wildman–Crippen LogP) is 2.46. The highest BCUT2D eigenvalue weighted by Gasteiger charge is 2.29. The van der Waals surface area contributed by atoms with Gasteiger partial charge in [0, 0.05) is 43.5 Å². The zero-order chi connectivity index (χ0) is 26.6. The van der Waals surface area contributed by atoms with Gasteiger partial charge in [-0.15, -0.1) is 0 Å². The molecule has 0 N–H and O–H groups in total. The van der Waals surface area contributed by atoms with Gasteiger partial charge in [0.2, 0.25) is 0 Å². The van der Waals surface area contributed by atoms with Crippen LogP contribution < -0.4 is 15.0 Å². The molecule has 0 atom stereocenters. The second-order valence-electron chi connectivity index (χ2n) is 8.83. The van der Waals surface area contributed by atoms with Crippen molar-refractivity contribution in [2.75, 3.05) is 40.4 Å². The molecule has 1 aliphatic heterocycles. The first kappa shape index (κ1) is 24.9. The first-order valence-electron chi connectivity index (χ1n) is 12.2. The van der Waals surface area contributed by atoms with E-state index in [0.717, 1.165) is 5.56 Å². The maximum absolute atomic E-state index is 13.6. The van der Waals surface area contributed by atoms with Crippen LogP contribution in [0.4, 0.5) is 0 Å². The molecule has 0 aliphatic carbocycles. The molecular formula is C28H27N5O5. The lowest BCUT2D eigenvalue weighted by molar-refractivity contribution is 0.0531. The molecule has 2 aromatic heterocycles. The van der Waals surface area contributed by atoms with Gasteiger partial charge in [-0.2, -0.15) is 0 Å². The third kappa shape index (κ3) is 4.80. The molecule has 5 rings (SSSR count). The minimum absolute atomic E-state index is 0.134. The summed E-state index contributed by atoms with van der Waals surface area (Å²) in [6, 6.07) is 17.8. The SMILES string of the molecule is COc1cccc(C(=O)N2CCN(C(=O)c3nc4cccnc4n(Cc4ccccc4OC)c3=O)CC2)c1. The molecule has 0 bridgehead atoms. The van der Waals surface area contributed by atoms with E-state index in [1.165, 1.54) is 4.57 Å². The minimum atomic E-state index is -0.526. The Morgan fingerprint density at radius 2 is 1.61 bits per heavy atom. The van der Waals surface area contributed by atoms with Crippen LogP contribution >= 0.6 is 0 Å². The Bertz CT molecular complexity index is 1560. The van der Waals surface area contributed by atoms with Crippen molar-refractivity contribution in [1.82, 2.24) is 24.3 Å². The van der Waals surface area contributed by atoms with E-state index in [1.54, 1.807) is 66.6 Å². The van der Waals surface area contributed by atoms with E-state index >= 15 is 0 Å². The summed E-state index contributed by atoms with van der Waals surface area (Å²) in [6.45, 7) is 1.42. The molecule has 4 aromatic rings. The number of aromatic nitrogens is 3. The van der Waals surface area contributed by atoms with Crippen molar-refractivity contribution in [2.24, 2.45) is 0 Å². The summed E-state index contributed by atoms with van der Waals surface area (Å²) in [7, 11) is 3.12. The monoisotopic (exact) mass is 513 g/mol. The van der Waals surface area contributed by atoms with Gasteiger partial charge in [0.15, 0.2) is 11.3 Å². The number of nitrogens with zero attached hydrogens (tertiary/aromatic N) is 5. The van der Waals surface area contributed by atoms with Crippen molar-refractivity contribution in [1.29, 1.82) is 0 Å². The molecule has 0 unspecified atom stereocenters. The number of benzene rings is 2. The summed E-state index contributed by atoms with van der Waals surface area (Å²) in [6.07, 6.45) is 1.59. The van der Waals surface area contributed by atoms with Crippen LogP contribution in [0.3, 0.4) is 0 Å². The fourth-order valence-electron chi connectivity index (χ4n) is 4.57. The standard InChI is InChI=1S/C28H27N5O5/c1-37-21-9-5-8-19(17-21)26(34)31-13-15-32(16-14-31)27(35)24-28(36)33(25-22(30-24)10-6-12-29-25)18-20-7-3-4-11-23(20)38-2/h3-12,17H,13-16,18H2,1-2H3. The number of fused-ring (bicyclic) bond motifs is 1. The van der Waals surface area contributed by atoms with E-state index in [1.807, 2.05) is 24.3 Å². The number of para-hydroxylation sites is 1. The maximum atomic E-state index is 13.6. The molecule has 0 saturated carbocycles. The first-order chi connectivity index (χ1) is 18.5. The zero-order valence-electron chi connectivity index (χ0n) is 21.2. The normalized spacial score (nSPS) is 13.4. The van der Waals surface area contributed by atoms with Gasteiger partial charge in [0.25, 0.3) is 17.4 Å². The van der Waals surface area contributed by atoms with E-state index in [-0.39, 0.29) is 31.2 Å². The van der Waals surface area contributed by atoms with Gasteiger partial charge in [-0.05, 0) is 36.4 Å². The lowest BCUT2D eigenvalue weighted by Crippen LogP contribution is -2.51. The summed E-state index contributed by atoms with van der Waals surface area (Å²) >= 11 is 0. The van der Waals surface area contributed by atoms with Crippen LogP contribution in [-0.2, 0) is 6.54 Å². The van der Waals surface area contributed by atoms with Crippen molar-refractivity contribution in [2.45, 2.75) is 6.54 Å². The molecule has 0 spiro atoms. The van der Waals surface area contributed by atoms with Crippen molar-refractivity contribution in [3.05, 3.63) is 94.0 Å². The number of pyridine rings is 1. The number of hydrogen-bond acceptors (Lipinski definition) is 7. The number of rotatable bonds is 6. The highest BCUT2D eigenvalue weighted by Crippen LogP contribution is 2.20. The highest BCUT2D eigenvalue weighted by atomic mass is 16.5. The molecule has 38 heavy (non-hydrogen) atoms. The van der Waals surface area contributed by atoms with Gasteiger partial charge in [-0.3, -0.25) is 19.0 Å². The second kappa shape index (κ2) is 10.7. The zero-order valence-corrected chi connectivity index (χ0v) is 21.2. The summed E-state index contributed by atoms with van der Waals surface area (Å²) in [5.41, 5.74) is 1.42. The third-order valence-corrected chi connectivity index (χ3v) is 6.60. The Morgan fingerprint density at radius 1 is 0.868 bits per heavy atom. The minimum Gasteiger partial charge on any atom is -0.497 e. The number of piperazine rings is 1. The summed E-state index contributed by atoms with van der Waals surface area (Å²) < 4.78 is 12.1. The number of hydrogen-bond donors (Lipinski definition) is 0. The van der Waals surface area contributed by atoms with Crippen LogP contribution in [-0.4, -0.2) is 76.5 Å². The lowest BCUT2D eigenvalue weighted by Gasteiger charge is -2.34. The molecule has 1 fully saturated rings. The van der Waals surface area contributed by atoms with Gasteiger partial charge in [0.05, 0.1) is 20.8 Å². The van der Waals surface area contributed by atoms with Crippen molar-refractivity contribution >= 4 is 23.0 Å². The highest BCUT2D eigenvalue weighted by molar-refractivity contribution is 5.96. The summed E-state index contributed by atoms with van der Waals surface area (Å²) in [4.78, 5) is 52.1. The molecule has 10 heteroatoms. The number of amides is 2. The molecule has 3 heterocycles. The van der Waals surface area contributed by atoms with E-state index < -0.39 is 11.5 Å². The van der Waals surface area contributed by atoms with Gasteiger partial charge in [-0.25, -0.2) is 9.97 Å². The van der Waals surface area contributed by atoms with Crippen molar-refractivity contribution < 1.29 is 19.1 Å². The van der Waals surface area contributed by atoms with E-state index in [0.29, 0.717) is 41.3 Å². The molecule has 1 saturated heterocycles. The van der Waals surface area contributed by atoms with Gasteiger partial charge in [0.1, 0.15) is 17.0 Å². The van der Waals surface area contributed by atoms with Crippen LogP contribution in [0.1, 0.15) is 26.4 Å². The van der Waals surface area contributed by atoms with E-state index in [9.17, 15) is 14.4 Å². The third-order valence-electron chi connectivity index (χ3n) is 6.60. The lowest BCUT2D eigenvalue weighted by atomic mass is 10.1. The largest absolute Gasteiger partial charge is 0.497 e. The summed E-state index contributed by atoms with van der Waals surface area (Å²) in [5.74, 6) is 0.629. The summed E-state index contributed by atoms with van der Waals surface area (Å²) in [5, 5.41) is 0. The first-order valence-corrected chi connectivity index (χ1v) is 12.2. The topological polar surface area (TPSA) is 107 Å². The Hall–Kier alpha value is -4.73. The smallest absolute Gasteiger partial charge is 0.284 e. The Labute approximate surface area is 219 Å². The fraction of sp³-hybridized carbons (Fsp3) is 0.250. The molecule has 194 valence electrons.